The van der Waals surface area contributed by atoms with E-state index in [1.54, 1.807) is 43.3 Å². The highest BCUT2D eigenvalue weighted by molar-refractivity contribution is 6.40. The molecule has 0 bridgehead atoms. The standard InChI is InChI=1S/C27H23ClN2O4/c1-16-11-12-19(13-17(16)2)15-34-24-10-5-4-7-20(24)14-21-25(31)29-27(33)30(26(21)32)23-9-6-8-22(28)18(23)3/h4-14H,15H2,1-3H3,(H,29,31,33)/b21-14+. The van der Waals surface area contributed by atoms with E-state index in [2.05, 4.69) is 11.4 Å². The second kappa shape index (κ2) is 9.53. The van der Waals surface area contributed by atoms with Gasteiger partial charge in [-0.1, -0.05) is 54.1 Å². The number of carbonyl (C=O) groups excluding carboxylic acids is 3. The van der Waals surface area contributed by atoms with Crippen LogP contribution in [0.1, 0.15) is 27.8 Å². The summed E-state index contributed by atoms with van der Waals surface area (Å²) in [4.78, 5) is 39.3. The largest absolute Gasteiger partial charge is 0.488 e. The number of benzene rings is 3. The summed E-state index contributed by atoms with van der Waals surface area (Å²) in [6.45, 7) is 6.12. The Balaban J connectivity index is 1.66. The third kappa shape index (κ3) is 4.58. The minimum Gasteiger partial charge on any atom is -0.488 e. The van der Waals surface area contributed by atoms with Gasteiger partial charge in [-0.2, -0.15) is 0 Å². The van der Waals surface area contributed by atoms with E-state index >= 15 is 0 Å². The summed E-state index contributed by atoms with van der Waals surface area (Å²) in [5.74, 6) is -0.991. The Morgan fingerprint density at radius 3 is 2.47 bits per heavy atom. The number of ether oxygens (including phenoxy) is 1. The lowest BCUT2D eigenvalue weighted by Gasteiger charge is -2.27. The fraction of sp³-hybridized carbons (Fsp3) is 0.148. The molecule has 0 spiro atoms. The molecule has 1 aliphatic rings. The topological polar surface area (TPSA) is 75.7 Å². The zero-order valence-corrected chi connectivity index (χ0v) is 19.8. The Hall–Kier alpha value is -3.90. The van der Waals surface area contributed by atoms with Gasteiger partial charge >= 0.3 is 6.03 Å². The predicted molar refractivity (Wildman–Crippen MR) is 132 cm³/mol. The first-order valence-corrected chi connectivity index (χ1v) is 11.1. The van der Waals surface area contributed by atoms with Gasteiger partial charge in [-0.15, -0.1) is 0 Å². The summed E-state index contributed by atoms with van der Waals surface area (Å²) in [6, 6.07) is 17.3. The first kappa shape index (κ1) is 23.3. The molecule has 34 heavy (non-hydrogen) atoms. The van der Waals surface area contributed by atoms with Crippen molar-refractivity contribution in [2.24, 2.45) is 0 Å². The zero-order chi connectivity index (χ0) is 24.4. The first-order chi connectivity index (χ1) is 16.3. The SMILES string of the molecule is Cc1ccc(COc2ccccc2/C=C2\C(=O)NC(=O)N(c3cccc(Cl)c3C)C2=O)cc1C. The van der Waals surface area contributed by atoms with Gasteiger partial charge in [-0.05, 0) is 67.3 Å². The van der Waals surface area contributed by atoms with Gasteiger partial charge in [0.15, 0.2) is 0 Å². The maximum Gasteiger partial charge on any atom is 0.335 e. The summed E-state index contributed by atoms with van der Waals surface area (Å²) in [5.41, 5.74) is 4.60. The highest BCUT2D eigenvalue weighted by atomic mass is 35.5. The van der Waals surface area contributed by atoms with E-state index in [-0.39, 0.29) is 5.57 Å². The molecule has 3 aromatic rings. The molecule has 1 N–H and O–H groups in total. The van der Waals surface area contributed by atoms with Crippen LogP contribution in [0.2, 0.25) is 5.02 Å². The van der Waals surface area contributed by atoms with E-state index in [9.17, 15) is 14.4 Å². The van der Waals surface area contributed by atoms with Crippen LogP contribution >= 0.6 is 11.6 Å². The van der Waals surface area contributed by atoms with Crippen LogP contribution in [0.5, 0.6) is 5.75 Å². The van der Waals surface area contributed by atoms with Crippen molar-refractivity contribution < 1.29 is 19.1 Å². The molecule has 0 radical (unpaired) electrons. The molecular weight excluding hydrogens is 452 g/mol. The Labute approximate surface area is 202 Å². The van der Waals surface area contributed by atoms with Crippen LogP contribution in [0, 0.1) is 20.8 Å². The fourth-order valence-corrected chi connectivity index (χ4v) is 3.83. The Bertz CT molecular complexity index is 1350. The van der Waals surface area contributed by atoms with Crippen molar-refractivity contribution in [1.82, 2.24) is 5.32 Å². The minimum atomic E-state index is -0.822. The molecule has 1 fully saturated rings. The van der Waals surface area contributed by atoms with Crippen LogP contribution in [0.25, 0.3) is 6.08 Å². The van der Waals surface area contributed by atoms with Gasteiger partial charge in [-0.25, -0.2) is 9.69 Å². The van der Waals surface area contributed by atoms with Gasteiger partial charge in [0.1, 0.15) is 17.9 Å². The van der Waals surface area contributed by atoms with Crippen LogP contribution in [0.3, 0.4) is 0 Å². The van der Waals surface area contributed by atoms with Gasteiger partial charge in [0.05, 0.1) is 5.69 Å². The molecule has 4 amide bonds. The van der Waals surface area contributed by atoms with Crippen LogP contribution in [0.15, 0.2) is 66.2 Å². The number of nitrogens with zero attached hydrogens (tertiary/aromatic N) is 1. The van der Waals surface area contributed by atoms with Gasteiger partial charge in [0, 0.05) is 10.6 Å². The van der Waals surface area contributed by atoms with Crippen molar-refractivity contribution >= 4 is 41.2 Å². The smallest absolute Gasteiger partial charge is 0.335 e. The van der Waals surface area contributed by atoms with E-state index in [0.29, 0.717) is 34.2 Å². The molecule has 0 atom stereocenters. The van der Waals surface area contributed by atoms with Gasteiger partial charge in [0.2, 0.25) is 0 Å². The van der Waals surface area contributed by atoms with E-state index in [0.717, 1.165) is 10.5 Å². The molecule has 1 saturated heterocycles. The third-order valence-corrected chi connectivity index (χ3v) is 6.18. The van der Waals surface area contributed by atoms with Crippen molar-refractivity contribution in [1.29, 1.82) is 0 Å². The summed E-state index contributed by atoms with van der Waals surface area (Å²) in [5, 5.41) is 2.65. The van der Waals surface area contributed by atoms with Crippen molar-refractivity contribution in [2.45, 2.75) is 27.4 Å². The number of urea groups is 1. The molecule has 0 aromatic heterocycles. The number of hydrogen-bond donors (Lipinski definition) is 1. The zero-order valence-electron chi connectivity index (χ0n) is 19.0. The summed E-state index contributed by atoms with van der Waals surface area (Å²) in [6.07, 6.45) is 1.44. The quantitative estimate of drug-likeness (QED) is 0.390. The number of rotatable bonds is 5. The number of amides is 4. The number of halogens is 1. The predicted octanol–water partition coefficient (Wildman–Crippen LogP) is 5.51. The lowest BCUT2D eigenvalue weighted by molar-refractivity contribution is -0.122. The van der Waals surface area contributed by atoms with Crippen LogP contribution < -0.4 is 15.0 Å². The number of hydrogen-bond acceptors (Lipinski definition) is 4. The maximum absolute atomic E-state index is 13.3. The summed E-state index contributed by atoms with van der Waals surface area (Å²) >= 11 is 6.18. The molecule has 0 aliphatic carbocycles. The number of imide groups is 2. The lowest BCUT2D eigenvalue weighted by atomic mass is 10.0. The van der Waals surface area contributed by atoms with Crippen LogP contribution in [-0.2, 0) is 16.2 Å². The van der Waals surface area contributed by atoms with Crippen molar-refractivity contribution in [3.8, 4) is 5.75 Å². The second-order valence-electron chi connectivity index (χ2n) is 8.09. The normalized spacial score (nSPS) is 15.0. The van der Waals surface area contributed by atoms with Crippen molar-refractivity contribution in [2.75, 3.05) is 4.90 Å². The number of anilines is 1. The second-order valence-corrected chi connectivity index (χ2v) is 8.49. The monoisotopic (exact) mass is 474 g/mol. The number of nitrogens with one attached hydrogen (secondary N) is 1. The Morgan fingerprint density at radius 2 is 1.71 bits per heavy atom. The lowest BCUT2D eigenvalue weighted by Crippen LogP contribution is -2.54. The molecule has 0 saturated carbocycles. The number of aryl methyl sites for hydroxylation is 2. The van der Waals surface area contributed by atoms with E-state index in [1.165, 1.54) is 17.2 Å². The average Bonchev–Trinajstić information content (AvgIpc) is 2.80. The molecule has 4 rings (SSSR count). The van der Waals surface area contributed by atoms with Gasteiger partial charge in [0.25, 0.3) is 11.8 Å². The molecule has 7 heteroatoms. The fourth-order valence-electron chi connectivity index (χ4n) is 3.66. The van der Waals surface area contributed by atoms with Crippen LogP contribution in [-0.4, -0.2) is 17.8 Å². The number of carbonyl (C=O) groups is 3. The van der Waals surface area contributed by atoms with Gasteiger partial charge in [-0.3, -0.25) is 14.9 Å². The Kier molecular flexibility index (Phi) is 6.52. The Morgan fingerprint density at radius 1 is 0.941 bits per heavy atom. The van der Waals surface area contributed by atoms with E-state index in [4.69, 9.17) is 16.3 Å². The van der Waals surface area contributed by atoms with E-state index in [1.807, 2.05) is 32.0 Å². The molecule has 3 aromatic carbocycles. The minimum absolute atomic E-state index is 0.179. The summed E-state index contributed by atoms with van der Waals surface area (Å²) in [7, 11) is 0. The van der Waals surface area contributed by atoms with Crippen LogP contribution in [0.4, 0.5) is 10.5 Å². The molecule has 1 aliphatic heterocycles. The first-order valence-electron chi connectivity index (χ1n) is 10.7. The highest BCUT2D eigenvalue weighted by Gasteiger charge is 2.37. The number of para-hydroxylation sites is 1. The molecule has 6 nitrogen and oxygen atoms in total. The average molecular weight is 475 g/mol. The van der Waals surface area contributed by atoms with E-state index < -0.39 is 17.8 Å². The molecule has 172 valence electrons. The highest BCUT2D eigenvalue weighted by Crippen LogP contribution is 2.30. The van der Waals surface area contributed by atoms with Crippen molar-refractivity contribution in [3.05, 3.63) is 99.1 Å². The summed E-state index contributed by atoms with van der Waals surface area (Å²) < 4.78 is 6.01. The number of barbiturate groups is 1. The van der Waals surface area contributed by atoms with Gasteiger partial charge < -0.3 is 4.74 Å². The molecule has 1 heterocycles. The third-order valence-electron chi connectivity index (χ3n) is 5.77. The molecular formula is C27H23ClN2O4. The van der Waals surface area contributed by atoms with Crippen molar-refractivity contribution in [3.63, 3.8) is 0 Å². The molecule has 0 unspecified atom stereocenters. The maximum atomic E-state index is 13.3.